The third-order valence-electron chi connectivity index (χ3n) is 3.47. The molecule has 2 heterocycles. The summed E-state index contributed by atoms with van der Waals surface area (Å²) in [6, 6.07) is 13.9. The summed E-state index contributed by atoms with van der Waals surface area (Å²) >= 11 is 1.49. The van der Waals surface area contributed by atoms with Crippen molar-refractivity contribution < 1.29 is 4.79 Å². The second kappa shape index (κ2) is 5.98. The standard InChI is InChI=1S/C16H15N3OS/c17-10-14-6-7-15(21-14)11-18-12-3-1-4-13(9-12)19-8-2-5-16(19)20/h1,3-4,6-7,9,18H,2,5,8,11H2. The lowest BCUT2D eigenvalue weighted by molar-refractivity contribution is -0.117. The highest BCUT2D eigenvalue weighted by Crippen LogP contribution is 2.25. The van der Waals surface area contributed by atoms with Crippen molar-refractivity contribution in [3.8, 4) is 6.07 Å². The predicted molar refractivity (Wildman–Crippen MR) is 84.4 cm³/mol. The summed E-state index contributed by atoms with van der Waals surface area (Å²) < 4.78 is 0. The lowest BCUT2D eigenvalue weighted by atomic mass is 10.2. The SMILES string of the molecule is N#Cc1ccc(CNc2cccc(N3CCCC3=O)c2)s1. The number of nitriles is 1. The van der Waals surface area contributed by atoms with Crippen LogP contribution in [-0.2, 0) is 11.3 Å². The molecule has 1 N–H and O–H groups in total. The number of carbonyl (C=O) groups excluding carboxylic acids is 1. The van der Waals surface area contributed by atoms with E-state index >= 15 is 0 Å². The third-order valence-corrected chi connectivity index (χ3v) is 4.46. The minimum Gasteiger partial charge on any atom is -0.380 e. The number of carbonyl (C=O) groups is 1. The van der Waals surface area contributed by atoms with Crippen LogP contribution in [0.5, 0.6) is 0 Å². The molecule has 0 atom stereocenters. The van der Waals surface area contributed by atoms with Crippen molar-refractivity contribution in [3.05, 3.63) is 46.2 Å². The summed E-state index contributed by atoms with van der Waals surface area (Å²) in [6.07, 6.45) is 1.58. The molecule has 1 amide bonds. The maximum Gasteiger partial charge on any atom is 0.227 e. The Labute approximate surface area is 127 Å². The molecule has 1 aromatic carbocycles. The molecular formula is C16H15N3OS. The first-order chi connectivity index (χ1) is 10.3. The number of anilines is 2. The van der Waals surface area contributed by atoms with Gasteiger partial charge in [0.25, 0.3) is 0 Å². The lowest BCUT2D eigenvalue weighted by Gasteiger charge is -2.17. The molecule has 0 saturated carbocycles. The Morgan fingerprint density at radius 3 is 2.95 bits per heavy atom. The van der Waals surface area contributed by atoms with Gasteiger partial charge < -0.3 is 10.2 Å². The van der Waals surface area contributed by atoms with Gasteiger partial charge in [-0.15, -0.1) is 11.3 Å². The average Bonchev–Trinajstić information content (AvgIpc) is 3.14. The second-order valence-electron chi connectivity index (χ2n) is 4.93. The smallest absolute Gasteiger partial charge is 0.227 e. The summed E-state index contributed by atoms with van der Waals surface area (Å²) in [7, 11) is 0. The number of nitrogens with one attached hydrogen (secondary N) is 1. The van der Waals surface area contributed by atoms with Gasteiger partial charge in [0, 0.05) is 35.8 Å². The predicted octanol–water partition coefficient (Wildman–Crippen LogP) is 3.36. The fraction of sp³-hybridized carbons (Fsp3) is 0.250. The van der Waals surface area contributed by atoms with Gasteiger partial charge in [-0.05, 0) is 36.8 Å². The summed E-state index contributed by atoms with van der Waals surface area (Å²) in [5.74, 6) is 0.198. The Balaban J connectivity index is 1.68. The zero-order chi connectivity index (χ0) is 14.7. The Kier molecular flexibility index (Phi) is 3.89. The Hall–Kier alpha value is -2.32. The fourth-order valence-electron chi connectivity index (χ4n) is 2.43. The van der Waals surface area contributed by atoms with Crippen molar-refractivity contribution in [1.29, 1.82) is 5.26 Å². The first-order valence-corrected chi connectivity index (χ1v) is 7.71. The van der Waals surface area contributed by atoms with Gasteiger partial charge in [-0.3, -0.25) is 4.79 Å². The zero-order valence-corrected chi connectivity index (χ0v) is 12.3. The van der Waals surface area contributed by atoms with E-state index in [4.69, 9.17) is 5.26 Å². The maximum atomic E-state index is 11.8. The van der Waals surface area contributed by atoms with Crippen LogP contribution in [-0.4, -0.2) is 12.5 Å². The van der Waals surface area contributed by atoms with Gasteiger partial charge in [0.1, 0.15) is 10.9 Å². The van der Waals surface area contributed by atoms with E-state index in [0.29, 0.717) is 13.0 Å². The molecule has 1 aromatic heterocycles. The summed E-state index contributed by atoms with van der Waals surface area (Å²) in [4.78, 5) is 15.5. The first kappa shape index (κ1) is 13.7. The molecule has 1 fully saturated rings. The van der Waals surface area contributed by atoms with E-state index < -0.39 is 0 Å². The van der Waals surface area contributed by atoms with Crippen molar-refractivity contribution in [1.82, 2.24) is 0 Å². The van der Waals surface area contributed by atoms with Gasteiger partial charge in [-0.25, -0.2) is 0 Å². The van der Waals surface area contributed by atoms with Crippen molar-refractivity contribution in [3.63, 3.8) is 0 Å². The molecular weight excluding hydrogens is 282 g/mol. The molecule has 1 aliphatic heterocycles. The van der Waals surface area contributed by atoms with Crippen molar-refractivity contribution in [2.45, 2.75) is 19.4 Å². The van der Waals surface area contributed by atoms with Crippen LogP contribution < -0.4 is 10.2 Å². The van der Waals surface area contributed by atoms with Gasteiger partial charge in [0.2, 0.25) is 5.91 Å². The molecule has 21 heavy (non-hydrogen) atoms. The molecule has 1 aliphatic rings. The number of hydrogen-bond acceptors (Lipinski definition) is 4. The number of rotatable bonds is 4. The molecule has 0 radical (unpaired) electrons. The molecule has 3 rings (SSSR count). The first-order valence-electron chi connectivity index (χ1n) is 6.89. The molecule has 4 nitrogen and oxygen atoms in total. The number of hydrogen-bond donors (Lipinski definition) is 1. The van der Waals surface area contributed by atoms with Crippen LogP contribution in [0.3, 0.4) is 0 Å². The number of nitrogens with zero attached hydrogens (tertiary/aromatic N) is 2. The van der Waals surface area contributed by atoms with Crippen LogP contribution in [0.25, 0.3) is 0 Å². The summed E-state index contributed by atoms with van der Waals surface area (Å²) in [5, 5.41) is 12.2. The van der Waals surface area contributed by atoms with Gasteiger partial charge in [-0.1, -0.05) is 6.07 Å². The van der Waals surface area contributed by atoms with E-state index in [0.717, 1.165) is 34.1 Å². The highest BCUT2D eigenvalue weighted by Gasteiger charge is 2.21. The third kappa shape index (κ3) is 3.06. The van der Waals surface area contributed by atoms with Gasteiger partial charge >= 0.3 is 0 Å². The normalized spacial score (nSPS) is 14.2. The maximum absolute atomic E-state index is 11.8. The van der Waals surface area contributed by atoms with Crippen LogP contribution in [0.15, 0.2) is 36.4 Å². The molecule has 106 valence electrons. The van der Waals surface area contributed by atoms with E-state index in [1.54, 1.807) is 0 Å². The Morgan fingerprint density at radius 2 is 2.24 bits per heavy atom. The number of thiophene rings is 1. The lowest BCUT2D eigenvalue weighted by Crippen LogP contribution is -2.23. The van der Waals surface area contributed by atoms with E-state index in [1.807, 2.05) is 41.3 Å². The number of amides is 1. The van der Waals surface area contributed by atoms with Crippen LogP contribution in [0, 0.1) is 11.3 Å². The molecule has 0 aliphatic carbocycles. The molecule has 1 saturated heterocycles. The minimum absolute atomic E-state index is 0.198. The Morgan fingerprint density at radius 1 is 1.33 bits per heavy atom. The molecule has 2 aromatic rings. The van der Waals surface area contributed by atoms with Crippen LogP contribution in [0.2, 0.25) is 0 Å². The van der Waals surface area contributed by atoms with Gasteiger partial charge in [0.15, 0.2) is 0 Å². The monoisotopic (exact) mass is 297 g/mol. The van der Waals surface area contributed by atoms with Gasteiger partial charge in [0.05, 0.1) is 0 Å². The van der Waals surface area contributed by atoms with Crippen LogP contribution >= 0.6 is 11.3 Å². The van der Waals surface area contributed by atoms with E-state index in [9.17, 15) is 4.79 Å². The molecule has 0 spiro atoms. The minimum atomic E-state index is 0.198. The second-order valence-corrected chi connectivity index (χ2v) is 6.10. The van der Waals surface area contributed by atoms with Crippen LogP contribution in [0.1, 0.15) is 22.6 Å². The molecule has 5 heteroatoms. The summed E-state index contributed by atoms with van der Waals surface area (Å²) in [6.45, 7) is 1.49. The van der Waals surface area contributed by atoms with Crippen LogP contribution in [0.4, 0.5) is 11.4 Å². The highest BCUT2D eigenvalue weighted by atomic mass is 32.1. The zero-order valence-electron chi connectivity index (χ0n) is 11.5. The Bertz CT molecular complexity index is 702. The van der Waals surface area contributed by atoms with Crippen molar-refractivity contribution in [2.75, 3.05) is 16.8 Å². The van der Waals surface area contributed by atoms with Crippen molar-refractivity contribution in [2.24, 2.45) is 0 Å². The summed E-state index contributed by atoms with van der Waals surface area (Å²) in [5.41, 5.74) is 1.94. The van der Waals surface area contributed by atoms with Gasteiger partial charge in [-0.2, -0.15) is 5.26 Å². The largest absolute Gasteiger partial charge is 0.380 e. The van der Waals surface area contributed by atoms with E-state index in [-0.39, 0.29) is 5.91 Å². The average molecular weight is 297 g/mol. The van der Waals surface area contributed by atoms with Crippen molar-refractivity contribution >= 4 is 28.6 Å². The topological polar surface area (TPSA) is 56.1 Å². The van der Waals surface area contributed by atoms with E-state index in [2.05, 4.69) is 11.4 Å². The fourth-order valence-corrected chi connectivity index (χ4v) is 3.17. The highest BCUT2D eigenvalue weighted by molar-refractivity contribution is 7.12. The van der Waals surface area contributed by atoms with E-state index in [1.165, 1.54) is 11.3 Å². The number of benzene rings is 1. The molecule has 0 bridgehead atoms. The molecule has 0 unspecified atom stereocenters. The quantitative estimate of drug-likeness (QED) is 0.941.